The Morgan fingerprint density at radius 2 is 1.51 bits per heavy atom. The van der Waals surface area contributed by atoms with Crippen molar-refractivity contribution in [3.8, 4) is 17.2 Å². The van der Waals surface area contributed by atoms with Gasteiger partial charge in [0.25, 0.3) is 5.91 Å². The predicted octanol–water partition coefficient (Wildman–Crippen LogP) is 5.55. The standard InChI is InChI=1S/C36H39N5O8/c1-22-9-7-8-10-26(22)38-36(46)39-27-14-11-23(17-30(27)48-5)18-33(42)41(3)32-16-13-25(21-37-32)28(20-34(43)44)40(2)35(45)24-12-15-29(47-4)31(19-24)49-6/h7-17,19,21,28H,18,20H2,1-6H3,(H,43,44)(H2,38,39,46). The SMILES string of the molecule is COc1cc(CC(=O)N(C)c2ccc(C(CC(=O)O)N(C)C(=O)c3ccc(OC)c(OC)c3)cn2)ccc1NC(=O)Nc1ccccc1C. The highest BCUT2D eigenvalue weighted by Gasteiger charge is 2.27. The maximum Gasteiger partial charge on any atom is 0.323 e. The first kappa shape index (κ1) is 35.7. The van der Waals surface area contributed by atoms with Crippen molar-refractivity contribution >= 4 is 41.0 Å². The second-order valence-corrected chi connectivity index (χ2v) is 11.1. The number of hydrogen-bond acceptors (Lipinski definition) is 8. The molecule has 0 radical (unpaired) electrons. The lowest BCUT2D eigenvalue weighted by Crippen LogP contribution is -2.33. The van der Waals surface area contributed by atoms with Gasteiger partial charge in [-0.2, -0.15) is 0 Å². The second kappa shape index (κ2) is 16.1. The number of anilines is 3. The predicted molar refractivity (Wildman–Crippen MR) is 185 cm³/mol. The van der Waals surface area contributed by atoms with E-state index in [1.807, 2.05) is 25.1 Å². The van der Waals surface area contributed by atoms with E-state index in [1.165, 1.54) is 50.4 Å². The number of urea groups is 1. The number of nitrogens with zero attached hydrogens (tertiary/aromatic N) is 3. The van der Waals surface area contributed by atoms with Gasteiger partial charge < -0.3 is 34.9 Å². The highest BCUT2D eigenvalue weighted by Crippen LogP contribution is 2.31. The Morgan fingerprint density at radius 3 is 2.14 bits per heavy atom. The number of para-hydroxylation sites is 1. The first-order chi connectivity index (χ1) is 23.4. The fourth-order valence-electron chi connectivity index (χ4n) is 5.11. The Labute approximate surface area is 284 Å². The van der Waals surface area contributed by atoms with Crippen LogP contribution >= 0.6 is 0 Å². The average Bonchev–Trinajstić information content (AvgIpc) is 3.10. The Bertz CT molecular complexity index is 1830. The first-order valence-corrected chi connectivity index (χ1v) is 15.2. The summed E-state index contributed by atoms with van der Waals surface area (Å²) in [5, 5.41) is 15.2. The largest absolute Gasteiger partial charge is 0.495 e. The van der Waals surface area contributed by atoms with Crippen LogP contribution in [0.15, 0.2) is 79.0 Å². The molecule has 49 heavy (non-hydrogen) atoms. The Hall–Kier alpha value is -6.11. The number of amides is 4. The summed E-state index contributed by atoms with van der Waals surface area (Å²) in [4.78, 5) is 58.2. The number of carboxylic acid groups (broad SMARTS) is 1. The number of nitrogens with one attached hydrogen (secondary N) is 2. The molecule has 0 aliphatic carbocycles. The van der Waals surface area contributed by atoms with E-state index in [-0.39, 0.29) is 24.3 Å². The van der Waals surface area contributed by atoms with Gasteiger partial charge in [0.15, 0.2) is 11.5 Å². The summed E-state index contributed by atoms with van der Waals surface area (Å²) in [7, 11) is 7.51. The Balaban J connectivity index is 1.44. The summed E-state index contributed by atoms with van der Waals surface area (Å²) >= 11 is 0. The van der Waals surface area contributed by atoms with E-state index in [2.05, 4.69) is 15.6 Å². The molecule has 1 atom stereocenters. The van der Waals surface area contributed by atoms with Crippen LogP contribution < -0.4 is 29.7 Å². The molecule has 3 aromatic carbocycles. The molecule has 0 fully saturated rings. The van der Waals surface area contributed by atoms with Gasteiger partial charge in [-0.3, -0.25) is 19.3 Å². The topological polar surface area (TPSA) is 160 Å². The molecule has 1 heterocycles. The lowest BCUT2D eigenvalue weighted by atomic mass is 10.0. The summed E-state index contributed by atoms with van der Waals surface area (Å²) in [5.41, 5.74) is 3.44. The van der Waals surface area contributed by atoms with Crippen LogP contribution in [0.1, 0.15) is 39.5 Å². The molecule has 1 unspecified atom stereocenters. The van der Waals surface area contributed by atoms with E-state index in [9.17, 15) is 24.3 Å². The molecule has 13 nitrogen and oxygen atoms in total. The van der Waals surface area contributed by atoms with Crippen molar-refractivity contribution in [1.29, 1.82) is 0 Å². The quantitative estimate of drug-likeness (QED) is 0.166. The lowest BCUT2D eigenvalue weighted by Gasteiger charge is -2.28. The normalized spacial score (nSPS) is 11.1. The molecule has 3 N–H and O–H groups in total. The number of carbonyl (C=O) groups excluding carboxylic acids is 3. The van der Waals surface area contributed by atoms with Gasteiger partial charge in [0.2, 0.25) is 5.91 Å². The third-order valence-corrected chi connectivity index (χ3v) is 7.92. The fraction of sp³-hybridized carbons (Fsp3) is 0.250. The minimum atomic E-state index is -1.10. The number of aromatic nitrogens is 1. The Morgan fingerprint density at radius 1 is 0.816 bits per heavy atom. The van der Waals surface area contributed by atoms with Gasteiger partial charge in [0.05, 0.1) is 45.9 Å². The summed E-state index contributed by atoms with van der Waals surface area (Å²) < 4.78 is 16.0. The van der Waals surface area contributed by atoms with Crippen LogP contribution in [0.3, 0.4) is 0 Å². The van der Waals surface area contributed by atoms with E-state index < -0.39 is 23.9 Å². The summed E-state index contributed by atoms with van der Waals surface area (Å²) in [6.07, 6.45) is 1.10. The highest BCUT2D eigenvalue weighted by molar-refractivity contribution is 6.01. The van der Waals surface area contributed by atoms with E-state index >= 15 is 0 Å². The average molecular weight is 670 g/mol. The second-order valence-electron chi connectivity index (χ2n) is 11.1. The molecular weight excluding hydrogens is 630 g/mol. The molecule has 4 amide bonds. The zero-order valence-corrected chi connectivity index (χ0v) is 28.1. The zero-order chi connectivity index (χ0) is 35.7. The van der Waals surface area contributed by atoms with Gasteiger partial charge in [0, 0.05) is 31.5 Å². The molecule has 0 saturated heterocycles. The van der Waals surface area contributed by atoms with E-state index in [1.54, 1.807) is 55.6 Å². The fourth-order valence-corrected chi connectivity index (χ4v) is 5.11. The van der Waals surface area contributed by atoms with E-state index in [0.29, 0.717) is 45.6 Å². The van der Waals surface area contributed by atoms with Crippen LogP contribution in [0.5, 0.6) is 17.2 Å². The van der Waals surface area contributed by atoms with Crippen molar-refractivity contribution < 1.29 is 38.5 Å². The minimum absolute atomic E-state index is 0.0101. The van der Waals surface area contributed by atoms with Crippen molar-refractivity contribution in [3.63, 3.8) is 0 Å². The van der Waals surface area contributed by atoms with Gasteiger partial charge in [-0.15, -0.1) is 0 Å². The maximum atomic E-state index is 13.4. The molecular formula is C36H39N5O8. The van der Waals surface area contributed by atoms with Crippen LogP contribution in [0.4, 0.5) is 22.0 Å². The van der Waals surface area contributed by atoms with Gasteiger partial charge in [-0.25, -0.2) is 9.78 Å². The van der Waals surface area contributed by atoms with Gasteiger partial charge in [-0.1, -0.05) is 30.3 Å². The zero-order valence-electron chi connectivity index (χ0n) is 28.1. The van der Waals surface area contributed by atoms with Gasteiger partial charge in [0.1, 0.15) is 11.6 Å². The molecule has 256 valence electrons. The van der Waals surface area contributed by atoms with Crippen molar-refractivity contribution in [2.45, 2.75) is 25.8 Å². The number of ether oxygens (including phenoxy) is 3. The molecule has 0 aliphatic heterocycles. The number of carboxylic acids is 1. The molecule has 13 heteroatoms. The number of hydrogen-bond donors (Lipinski definition) is 3. The van der Waals surface area contributed by atoms with Crippen LogP contribution in [-0.4, -0.2) is 74.2 Å². The third kappa shape index (κ3) is 8.83. The smallest absolute Gasteiger partial charge is 0.323 e. The highest BCUT2D eigenvalue weighted by atomic mass is 16.5. The van der Waals surface area contributed by atoms with Crippen LogP contribution in [0, 0.1) is 6.92 Å². The van der Waals surface area contributed by atoms with E-state index in [4.69, 9.17) is 14.2 Å². The minimum Gasteiger partial charge on any atom is -0.495 e. The molecule has 0 bridgehead atoms. The number of aryl methyl sites for hydroxylation is 1. The monoisotopic (exact) mass is 669 g/mol. The van der Waals surface area contributed by atoms with Gasteiger partial charge in [-0.05, 0) is 66.1 Å². The first-order valence-electron chi connectivity index (χ1n) is 15.2. The van der Waals surface area contributed by atoms with E-state index in [0.717, 1.165) is 5.56 Å². The number of benzene rings is 3. The number of pyridine rings is 1. The number of likely N-dealkylation sites (N-methyl/N-ethyl adjacent to an activating group) is 1. The van der Waals surface area contributed by atoms with Crippen LogP contribution in [0.2, 0.25) is 0 Å². The van der Waals surface area contributed by atoms with Crippen molar-refractivity contribution in [2.24, 2.45) is 0 Å². The number of methoxy groups -OCH3 is 3. The lowest BCUT2D eigenvalue weighted by molar-refractivity contribution is -0.138. The number of carbonyl (C=O) groups is 4. The molecule has 4 aromatic rings. The number of aliphatic carboxylic acids is 1. The van der Waals surface area contributed by atoms with Crippen molar-refractivity contribution in [2.75, 3.05) is 51.0 Å². The Kier molecular flexibility index (Phi) is 11.8. The molecule has 0 spiro atoms. The molecule has 1 aromatic heterocycles. The van der Waals surface area contributed by atoms with Crippen LogP contribution in [-0.2, 0) is 16.0 Å². The summed E-state index contributed by atoms with van der Waals surface area (Å²) in [5.74, 6) is -0.273. The molecule has 0 aliphatic rings. The summed E-state index contributed by atoms with van der Waals surface area (Å²) in [6.45, 7) is 1.89. The van der Waals surface area contributed by atoms with Gasteiger partial charge >= 0.3 is 12.0 Å². The van der Waals surface area contributed by atoms with Crippen molar-refractivity contribution in [1.82, 2.24) is 9.88 Å². The molecule has 0 saturated carbocycles. The maximum absolute atomic E-state index is 13.4. The summed E-state index contributed by atoms with van der Waals surface area (Å²) in [6, 6.07) is 19.1. The van der Waals surface area contributed by atoms with Crippen molar-refractivity contribution in [3.05, 3.63) is 101 Å². The molecule has 4 rings (SSSR count). The number of rotatable bonds is 13. The third-order valence-electron chi connectivity index (χ3n) is 7.92. The van der Waals surface area contributed by atoms with Crippen LogP contribution in [0.25, 0.3) is 0 Å².